The van der Waals surface area contributed by atoms with Gasteiger partial charge in [0, 0.05) is 44.1 Å². The molecular weight excluding hydrogens is 371 g/mol. The molecule has 1 saturated heterocycles. The summed E-state index contributed by atoms with van der Waals surface area (Å²) >= 11 is 0. The molecule has 28 heavy (non-hydrogen) atoms. The third-order valence-corrected chi connectivity index (χ3v) is 4.65. The monoisotopic (exact) mass is 391 g/mol. The Morgan fingerprint density at radius 2 is 1.68 bits per heavy atom. The van der Waals surface area contributed by atoms with E-state index in [1.165, 1.54) is 12.1 Å². The number of anilines is 3. The molecule has 0 radical (unpaired) electrons. The average Bonchev–Trinajstić information content (AvgIpc) is 3.03. The summed E-state index contributed by atoms with van der Waals surface area (Å²) in [6.45, 7) is 0.229. The molecule has 2 amide bonds. The number of alkyl halides is 3. The standard InChI is InChI=1S/C20H20F3N3O2/c1-25(2)16-7-9-17(10-8-16)26-12-13(11-18(26)27)19(28)24-15-5-3-14(4-6-15)20(21,22)23/h3-10,13H,11-12H2,1-2H3,(H,24,28). The van der Waals surface area contributed by atoms with Crippen LogP contribution in [0.1, 0.15) is 12.0 Å². The van der Waals surface area contributed by atoms with Gasteiger partial charge in [-0.25, -0.2) is 0 Å². The van der Waals surface area contributed by atoms with E-state index < -0.39 is 17.7 Å². The van der Waals surface area contributed by atoms with E-state index in [0.29, 0.717) is 5.69 Å². The molecule has 2 aromatic carbocycles. The molecule has 1 N–H and O–H groups in total. The molecule has 1 fully saturated rings. The number of hydrogen-bond acceptors (Lipinski definition) is 3. The van der Waals surface area contributed by atoms with Crippen molar-refractivity contribution in [2.45, 2.75) is 12.6 Å². The van der Waals surface area contributed by atoms with Crippen LogP contribution in [0.3, 0.4) is 0 Å². The Kier molecular flexibility index (Phi) is 5.31. The molecule has 1 heterocycles. The summed E-state index contributed by atoms with van der Waals surface area (Å²) in [4.78, 5) is 28.3. The van der Waals surface area contributed by atoms with Crippen molar-refractivity contribution in [1.82, 2.24) is 0 Å². The van der Waals surface area contributed by atoms with E-state index in [4.69, 9.17) is 0 Å². The number of hydrogen-bond donors (Lipinski definition) is 1. The lowest BCUT2D eigenvalue weighted by Gasteiger charge is -2.19. The van der Waals surface area contributed by atoms with Crippen LogP contribution in [0.2, 0.25) is 0 Å². The van der Waals surface area contributed by atoms with Crippen LogP contribution in [0, 0.1) is 5.92 Å². The second-order valence-corrected chi connectivity index (χ2v) is 6.88. The van der Waals surface area contributed by atoms with Crippen LogP contribution in [-0.4, -0.2) is 32.5 Å². The molecule has 0 saturated carbocycles. The molecule has 1 atom stereocenters. The number of rotatable bonds is 4. The maximum absolute atomic E-state index is 12.6. The van der Waals surface area contributed by atoms with Gasteiger partial charge in [-0.15, -0.1) is 0 Å². The lowest BCUT2D eigenvalue weighted by molar-refractivity contribution is -0.137. The number of carbonyl (C=O) groups excluding carboxylic acids is 2. The van der Waals surface area contributed by atoms with Crippen LogP contribution >= 0.6 is 0 Å². The van der Waals surface area contributed by atoms with E-state index in [2.05, 4.69) is 5.32 Å². The second-order valence-electron chi connectivity index (χ2n) is 6.88. The van der Waals surface area contributed by atoms with Crippen molar-refractivity contribution in [1.29, 1.82) is 0 Å². The van der Waals surface area contributed by atoms with Crippen LogP contribution in [0.4, 0.5) is 30.2 Å². The number of carbonyl (C=O) groups is 2. The predicted octanol–water partition coefficient (Wildman–Crippen LogP) is 3.76. The van der Waals surface area contributed by atoms with E-state index >= 15 is 0 Å². The van der Waals surface area contributed by atoms with Crippen molar-refractivity contribution in [2.75, 3.05) is 35.8 Å². The Hall–Kier alpha value is -3.03. The molecule has 3 rings (SSSR count). The van der Waals surface area contributed by atoms with Gasteiger partial charge in [-0.1, -0.05) is 0 Å². The Morgan fingerprint density at radius 3 is 2.21 bits per heavy atom. The van der Waals surface area contributed by atoms with Crippen molar-refractivity contribution in [3.05, 3.63) is 54.1 Å². The maximum Gasteiger partial charge on any atom is 0.416 e. The number of amides is 2. The molecule has 0 aliphatic carbocycles. The third kappa shape index (κ3) is 4.27. The van der Waals surface area contributed by atoms with Gasteiger partial charge < -0.3 is 15.1 Å². The minimum Gasteiger partial charge on any atom is -0.378 e. The molecule has 8 heteroatoms. The quantitative estimate of drug-likeness (QED) is 0.864. The topological polar surface area (TPSA) is 52.6 Å². The summed E-state index contributed by atoms with van der Waals surface area (Å²) in [6, 6.07) is 11.6. The molecule has 1 unspecified atom stereocenters. The van der Waals surface area contributed by atoms with E-state index in [-0.39, 0.29) is 30.5 Å². The minimum atomic E-state index is -4.43. The van der Waals surface area contributed by atoms with Crippen molar-refractivity contribution in [3.8, 4) is 0 Å². The van der Waals surface area contributed by atoms with E-state index in [9.17, 15) is 22.8 Å². The van der Waals surface area contributed by atoms with Crippen molar-refractivity contribution in [2.24, 2.45) is 5.92 Å². The second kappa shape index (κ2) is 7.53. The van der Waals surface area contributed by atoms with Crippen LogP contribution in [0.15, 0.2) is 48.5 Å². The highest BCUT2D eigenvalue weighted by Crippen LogP contribution is 2.31. The third-order valence-electron chi connectivity index (χ3n) is 4.65. The minimum absolute atomic E-state index is 0.0574. The summed E-state index contributed by atoms with van der Waals surface area (Å²) in [6.07, 6.45) is -4.37. The van der Waals surface area contributed by atoms with Crippen LogP contribution < -0.4 is 15.1 Å². The molecule has 0 aromatic heterocycles. The first-order valence-electron chi connectivity index (χ1n) is 8.71. The van der Waals surface area contributed by atoms with E-state index in [0.717, 1.165) is 17.8 Å². The molecule has 2 aromatic rings. The Labute approximate surface area is 160 Å². The highest BCUT2D eigenvalue weighted by molar-refractivity contribution is 6.03. The lowest BCUT2D eigenvalue weighted by atomic mass is 10.1. The van der Waals surface area contributed by atoms with Gasteiger partial charge >= 0.3 is 6.18 Å². The molecule has 1 aliphatic rings. The van der Waals surface area contributed by atoms with Crippen molar-refractivity contribution in [3.63, 3.8) is 0 Å². The van der Waals surface area contributed by atoms with Gasteiger partial charge in [-0.2, -0.15) is 13.2 Å². The first-order valence-corrected chi connectivity index (χ1v) is 8.71. The zero-order valence-electron chi connectivity index (χ0n) is 15.5. The first kappa shape index (κ1) is 19.7. The maximum atomic E-state index is 12.6. The van der Waals surface area contributed by atoms with Gasteiger partial charge in [-0.3, -0.25) is 9.59 Å². The molecule has 0 spiro atoms. The number of benzene rings is 2. The SMILES string of the molecule is CN(C)c1ccc(N2CC(C(=O)Nc3ccc(C(F)(F)F)cc3)CC2=O)cc1. The highest BCUT2D eigenvalue weighted by atomic mass is 19.4. The van der Waals surface area contributed by atoms with Crippen molar-refractivity contribution < 1.29 is 22.8 Å². The highest BCUT2D eigenvalue weighted by Gasteiger charge is 2.35. The molecular formula is C20H20F3N3O2. The van der Waals surface area contributed by atoms with Crippen LogP contribution in [-0.2, 0) is 15.8 Å². The normalized spacial score (nSPS) is 17.0. The Morgan fingerprint density at radius 1 is 1.07 bits per heavy atom. The molecule has 148 valence electrons. The summed E-state index contributed by atoms with van der Waals surface area (Å²) in [5.41, 5.74) is 1.18. The number of nitrogens with zero attached hydrogens (tertiary/aromatic N) is 2. The number of halogens is 3. The molecule has 1 aliphatic heterocycles. The fraction of sp³-hybridized carbons (Fsp3) is 0.300. The smallest absolute Gasteiger partial charge is 0.378 e. The van der Waals surface area contributed by atoms with E-state index in [1.807, 2.05) is 43.3 Å². The predicted molar refractivity (Wildman–Crippen MR) is 101 cm³/mol. The average molecular weight is 391 g/mol. The zero-order valence-corrected chi connectivity index (χ0v) is 15.5. The van der Waals surface area contributed by atoms with Gasteiger partial charge in [-0.05, 0) is 48.5 Å². The zero-order chi connectivity index (χ0) is 20.5. The molecule has 5 nitrogen and oxygen atoms in total. The van der Waals surface area contributed by atoms with E-state index in [1.54, 1.807) is 4.90 Å². The largest absolute Gasteiger partial charge is 0.416 e. The van der Waals surface area contributed by atoms with Crippen molar-refractivity contribution >= 4 is 28.9 Å². The van der Waals surface area contributed by atoms with Crippen LogP contribution in [0.5, 0.6) is 0 Å². The summed E-state index contributed by atoms with van der Waals surface area (Å²) in [5, 5.41) is 2.59. The molecule has 0 bridgehead atoms. The van der Waals surface area contributed by atoms with Gasteiger partial charge in [0.05, 0.1) is 11.5 Å². The lowest BCUT2D eigenvalue weighted by Crippen LogP contribution is -2.28. The van der Waals surface area contributed by atoms with Gasteiger partial charge in [0.15, 0.2) is 0 Å². The fourth-order valence-electron chi connectivity index (χ4n) is 3.05. The fourth-order valence-corrected chi connectivity index (χ4v) is 3.05. The summed E-state index contributed by atoms with van der Waals surface area (Å²) in [7, 11) is 3.83. The van der Waals surface area contributed by atoms with Crippen LogP contribution in [0.25, 0.3) is 0 Å². The number of nitrogens with one attached hydrogen (secondary N) is 1. The van der Waals surface area contributed by atoms with Gasteiger partial charge in [0.1, 0.15) is 0 Å². The Bertz CT molecular complexity index is 862. The Balaban J connectivity index is 1.65. The van der Waals surface area contributed by atoms with Gasteiger partial charge in [0.2, 0.25) is 11.8 Å². The summed E-state index contributed by atoms with van der Waals surface area (Å²) < 4.78 is 37.8. The summed E-state index contributed by atoms with van der Waals surface area (Å²) in [5.74, 6) is -1.12. The first-order chi connectivity index (χ1) is 13.1. The van der Waals surface area contributed by atoms with Gasteiger partial charge in [0.25, 0.3) is 0 Å².